The van der Waals surface area contributed by atoms with Crippen molar-refractivity contribution < 1.29 is 23.8 Å². The van der Waals surface area contributed by atoms with Crippen LogP contribution in [0.4, 0.5) is 0 Å². The second kappa shape index (κ2) is 8.96. The fraction of sp³-hybridized carbons (Fsp3) is 0.222. The maximum absolute atomic E-state index is 12.2. The Hall–Kier alpha value is -2.93. The van der Waals surface area contributed by atoms with E-state index < -0.39 is 11.8 Å². The maximum Gasteiger partial charge on any atom is 0.276 e. The molecule has 0 aromatic heterocycles. The van der Waals surface area contributed by atoms with Gasteiger partial charge in [0.25, 0.3) is 11.8 Å². The van der Waals surface area contributed by atoms with Crippen molar-refractivity contribution in [1.29, 1.82) is 0 Å². The molecule has 0 aliphatic rings. The third-order valence-electron chi connectivity index (χ3n) is 3.42. The minimum absolute atomic E-state index is 0.260. The van der Waals surface area contributed by atoms with Crippen molar-refractivity contribution in [3.05, 3.63) is 52.5 Å². The SMILES string of the molecule is COc1cc(OC)cc(C(=O)NNC(=O)COc2ccc(Cl)cc2C)c1. The molecule has 2 rings (SSSR count). The number of carbonyl (C=O) groups excluding carboxylic acids is 2. The van der Waals surface area contributed by atoms with E-state index in [0.29, 0.717) is 22.3 Å². The average molecular weight is 379 g/mol. The Morgan fingerprint density at radius 2 is 1.65 bits per heavy atom. The summed E-state index contributed by atoms with van der Waals surface area (Å²) in [5.74, 6) is 0.430. The number of nitrogens with one attached hydrogen (secondary N) is 2. The molecule has 0 bridgehead atoms. The van der Waals surface area contributed by atoms with Crippen LogP contribution in [-0.2, 0) is 4.79 Å². The van der Waals surface area contributed by atoms with Gasteiger partial charge in [0.05, 0.1) is 14.2 Å². The first-order valence-corrected chi connectivity index (χ1v) is 8.02. The number of rotatable bonds is 6. The van der Waals surface area contributed by atoms with Crippen molar-refractivity contribution in [2.75, 3.05) is 20.8 Å². The topological polar surface area (TPSA) is 85.9 Å². The molecule has 0 heterocycles. The predicted molar refractivity (Wildman–Crippen MR) is 96.8 cm³/mol. The van der Waals surface area contributed by atoms with Gasteiger partial charge in [0.15, 0.2) is 6.61 Å². The highest BCUT2D eigenvalue weighted by Crippen LogP contribution is 2.22. The third-order valence-corrected chi connectivity index (χ3v) is 3.66. The van der Waals surface area contributed by atoms with Gasteiger partial charge in [0.2, 0.25) is 0 Å². The van der Waals surface area contributed by atoms with Crippen LogP contribution in [0.3, 0.4) is 0 Å². The highest BCUT2D eigenvalue weighted by atomic mass is 35.5. The van der Waals surface area contributed by atoms with Gasteiger partial charge in [-0.3, -0.25) is 20.4 Å². The number of carbonyl (C=O) groups is 2. The van der Waals surface area contributed by atoms with E-state index in [-0.39, 0.29) is 12.2 Å². The summed E-state index contributed by atoms with van der Waals surface area (Å²) in [5, 5.41) is 0.584. The van der Waals surface area contributed by atoms with Crippen LogP contribution in [0.15, 0.2) is 36.4 Å². The van der Waals surface area contributed by atoms with Gasteiger partial charge in [-0.2, -0.15) is 0 Å². The third kappa shape index (κ3) is 5.29. The number of ether oxygens (including phenoxy) is 3. The van der Waals surface area contributed by atoms with Crippen LogP contribution in [-0.4, -0.2) is 32.6 Å². The van der Waals surface area contributed by atoms with E-state index >= 15 is 0 Å². The lowest BCUT2D eigenvalue weighted by Crippen LogP contribution is -2.43. The van der Waals surface area contributed by atoms with Gasteiger partial charge in [-0.25, -0.2) is 0 Å². The highest BCUT2D eigenvalue weighted by Gasteiger charge is 2.11. The first-order valence-electron chi connectivity index (χ1n) is 7.64. The number of hydrogen-bond acceptors (Lipinski definition) is 5. The molecule has 0 unspecified atom stereocenters. The number of amides is 2. The summed E-state index contributed by atoms with van der Waals surface area (Å²) < 4.78 is 15.6. The number of hydrazine groups is 1. The number of benzene rings is 2. The van der Waals surface area contributed by atoms with Crippen molar-refractivity contribution >= 4 is 23.4 Å². The Bertz CT molecular complexity index is 788. The molecular formula is C18H19ClN2O5. The molecule has 138 valence electrons. The molecular weight excluding hydrogens is 360 g/mol. The van der Waals surface area contributed by atoms with Gasteiger partial charge < -0.3 is 14.2 Å². The number of methoxy groups -OCH3 is 2. The summed E-state index contributed by atoms with van der Waals surface area (Å²) in [7, 11) is 2.96. The second-order valence-electron chi connectivity index (χ2n) is 5.30. The van der Waals surface area contributed by atoms with E-state index in [0.717, 1.165) is 5.56 Å². The monoisotopic (exact) mass is 378 g/mol. The summed E-state index contributed by atoms with van der Waals surface area (Å²) >= 11 is 5.87. The summed E-state index contributed by atoms with van der Waals surface area (Å²) in [6.07, 6.45) is 0. The lowest BCUT2D eigenvalue weighted by atomic mass is 10.2. The minimum atomic E-state index is -0.516. The zero-order valence-corrected chi connectivity index (χ0v) is 15.3. The lowest BCUT2D eigenvalue weighted by molar-refractivity contribution is -0.123. The summed E-state index contributed by atoms with van der Waals surface area (Å²) in [5.41, 5.74) is 5.67. The Balaban J connectivity index is 1.89. The molecule has 2 aromatic carbocycles. The molecule has 0 saturated heterocycles. The molecule has 2 N–H and O–H groups in total. The van der Waals surface area contributed by atoms with Gasteiger partial charge in [0, 0.05) is 16.7 Å². The maximum atomic E-state index is 12.2. The second-order valence-corrected chi connectivity index (χ2v) is 5.74. The number of hydrogen-bond donors (Lipinski definition) is 2. The van der Waals surface area contributed by atoms with Gasteiger partial charge in [-0.15, -0.1) is 0 Å². The van der Waals surface area contributed by atoms with Crippen LogP contribution in [0, 0.1) is 6.92 Å². The fourth-order valence-corrected chi connectivity index (χ4v) is 2.32. The largest absolute Gasteiger partial charge is 0.497 e. The molecule has 2 aromatic rings. The van der Waals surface area contributed by atoms with Crippen LogP contribution in [0.2, 0.25) is 5.02 Å². The van der Waals surface area contributed by atoms with Crippen LogP contribution in [0.25, 0.3) is 0 Å². The molecule has 0 saturated carbocycles. The van der Waals surface area contributed by atoms with Crippen LogP contribution >= 0.6 is 11.6 Å². The zero-order valence-electron chi connectivity index (χ0n) is 14.6. The van der Waals surface area contributed by atoms with E-state index in [9.17, 15) is 9.59 Å². The molecule has 0 atom stereocenters. The van der Waals surface area contributed by atoms with Crippen molar-refractivity contribution in [2.45, 2.75) is 6.92 Å². The summed E-state index contributed by atoms with van der Waals surface area (Å²) in [4.78, 5) is 24.0. The standard InChI is InChI=1S/C18H19ClN2O5/c1-11-6-13(19)4-5-16(11)26-10-17(22)20-21-18(23)12-7-14(24-2)9-15(8-12)25-3/h4-9H,10H2,1-3H3,(H,20,22)(H,21,23). The number of halogens is 1. The molecule has 0 aliphatic carbocycles. The quantitative estimate of drug-likeness (QED) is 0.754. The molecule has 26 heavy (non-hydrogen) atoms. The van der Waals surface area contributed by atoms with Gasteiger partial charge in [0.1, 0.15) is 17.2 Å². The Morgan fingerprint density at radius 1 is 1.00 bits per heavy atom. The highest BCUT2D eigenvalue weighted by molar-refractivity contribution is 6.30. The van der Waals surface area contributed by atoms with Crippen LogP contribution in [0.1, 0.15) is 15.9 Å². The van der Waals surface area contributed by atoms with E-state index in [4.69, 9.17) is 25.8 Å². The van der Waals surface area contributed by atoms with E-state index in [2.05, 4.69) is 10.9 Å². The Labute approximate surface area is 156 Å². The first kappa shape index (κ1) is 19.4. The van der Waals surface area contributed by atoms with E-state index in [1.165, 1.54) is 26.4 Å². The summed E-state index contributed by atoms with van der Waals surface area (Å²) in [6, 6.07) is 9.76. The van der Waals surface area contributed by atoms with Crippen molar-refractivity contribution in [3.8, 4) is 17.2 Å². The zero-order chi connectivity index (χ0) is 19.1. The van der Waals surface area contributed by atoms with Gasteiger partial charge >= 0.3 is 0 Å². The lowest BCUT2D eigenvalue weighted by Gasteiger charge is -2.11. The molecule has 0 fully saturated rings. The predicted octanol–water partition coefficient (Wildman–Crippen LogP) is 2.51. The Morgan fingerprint density at radius 3 is 2.23 bits per heavy atom. The van der Waals surface area contributed by atoms with E-state index in [1.54, 1.807) is 24.3 Å². The fourth-order valence-electron chi connectivity index (χ4n) is 2.09. The van der Waals surface area contributed by atoms with Crippen molar-refractivity contribution in [2.24, 2.45) is 0 Å². The van der Waals surface area contributed by atoms with Crippen LogP contribution in [0.5, 0.6) is 17.2 Å². The molecule has 2 amide bonds. The molecule has 0 radical (unpaired) electrons. The smallest absolute Gasteiger partial charge is 0.276 e. The van der Waals surface area contributed by atoms with E-state index in [1.807, 2.05) is 6.92 Å². The van der Waals surface area contributed by atoms with Crippen molar-refractivity contribution in [3.63, 3.8) is 0 Å². The summed E-state index contributed by atoms with van der Waals surface area (Å²) in [6.45, 7) is 1.56. The van der Waals surface area contributed by atoms with Gasteiger partial charge in [-0.1, -0.05) is 11.6 Å². The van der Waals surface area contributed by atoms with Crippen molar-refractivity contribution in [1.82, 2.24) is 10.9 Å². The first-order chi connectivity index (χ1) is 12.4. The Kier molecular flexibility index (Phi) is 6.68. The molecule has 7 nitrogen and oxygen atoms in total. The molecule has 0 spiro atoms. The van der Waals surface area contributed by atoms with Gasteiger partial charge in [-0.05, 0) is 42.8 Å². The minimum Gasteiger partial charge on any atom is -0.497 e. The molecule has 0 aliphatic heterocycles. The number of aryl methyl sites for hydroxylation is 1. The average Bonchev–Trinajstić information content (AvgIpc) is 2.64. The molecule has 8 heteroatoms. The normalized spacial score (nSPS) is 10.0. The van der Waals surface area contributed by atoms with Crippen LogP contribution < -0.4 is 25.1 Å².